The number of aliphatic hydroxyl groups excluding tert-OH is 1. The van der Waals surface area contributed by atoms with E-state index in [0.29, 0.717) is 30.7 Å². The normalized spacial score (nSPS) is 12.6. The van der Waals surface area contributed by atoms with Gasteiger partial charge >= 0.3 is 0 Å². The van der Waals surface area contributed by atoms with Gasteiger partial charge in [-0.3, -0.25) is 4.79 Å². The topological polar surface area (TPSA) is 63.1 Å². The van der Waals surface area contributed by atoms with Crippen LogP contribution in [0.2, 0.25) is 0 Å². The van der Waals surface area contributed by atoms with Crippen LogP contribution >= 0.6 is 0 Å². The van der Waals surface area contributed by atoms with Gasteiger partial charge in [-0.1, -0.05) is 49.4 Å². The first-order chi connectivity index (χ1) is 12.9. The van der Waals surface area contributed by atoms with Crippen LogP contribution in [0.4, 0.5) is 0 Å². The van der Waals surface area contributed by atoms with Gasteiger partial charge in [0.25, 0.3) is 0 Å². The Kier molecular flexibility index (Phi) is 8.01. The molecule has 2 aromatic rings. The number of rotatable bonds is 11. The molecule has 0 fully saturated rings. The van der Waals surface area contributed by atoms with Gasteiger partial charge in [0, 0.05) is 6.42 Å². The van der Waals surface area contributed by atoms with Crippen molar-refractivity contribution in [3.8, 4) is 5.75 Å². The number of hydrogen-bond donors (Lipinski definition) is 2. The second-order valence-electron chi connectivity index (χ2n) is 7.65. The molecular weight excluding hydrogens is 338 g/mol. The van der Waals surface area contributed by atoms with Gasteiger partial charge in [-0.15, -0.1) is 0 Å². The highest BCUT2D eigenvalue weighted by Crippen LogP contribution is 2.20. The zero-order valence-electron chi connectivity index (χ0n) is 16.7. The third-order valence-corrected chi connectivity index (χ3v) is 4.96. The van der Waals surface area contributed by atoms with Crippen molar-refractivity contribution in [1.82, 2.24) is 0 Å². The maximum Gasteiger partial charge on any atom is 0.166 e. The number of nitrogens with two attached hydrogens (primary N) is 1. The molecule has 0 aliphatic carbocycles. The molecule has 4 nitrogen and oxygen atoms in total. The number of Topliss-reactive ketones (excluding diaryl/α,β-unsaturated/α-hetero) is 1. The molecule has 0 spiro atoms. The van der Waals surface area contributed by atoms with E-state index in [9.17, 15) is 9.90 Å². The van der Waals surface area contributed by atoms with E-state index in [0.717, 1.165) is 12.0 Å². The van der Waals surface area contributed by atoms with Crippen LogP contribution in [0, 0.1) is 0 Å². The van der Waals surface area contributed by atoms with Crippen LogP contribution in [0.5, 0.6) is 5.75 Å². The molecule has 1 atom stereocenters. The molecule has 0 aliphatic heterocycles. The van der Waals surface area contributed by atoms with Crippen LogP contribution < -0.4 is 10.1 Å². The predicted octanol–water partition coefficient (Wildman–Crippen LogP) is 2.99. The van der Waals surface area contributed by atoms with Gasteiger partial charge in [0.05, 0.1) is 11.1 Å². The summed E-state index contributed by atoms with van der Waals surface area (Å²) in [5, 5.41) is 12.3. The summed E-state index contributed by atoms with van der Waals surface area (Å²) in [6.07, 6.45) is 1.59. The summed E-state index contributed by atoms with van der Waals surface area (Å²) in [6, 6.07) is 17.3. The molecule has 0 radical (unpaired) electrons. The number of benzene rings is 2. The van der Waals surface area contributed by atoms with E-state index in [-0.39, 0.29) is 17.9 Å². The van der Waals surface area contributed by atoms with Gasteiger partial charge in [0.2, 0.25) is 0 Å². The highest BCUT2D eigenvalue weighted by atomic mass is 16.5. The second kappa shape index (κ2) is 10.2. The van der Waals surface area contributed by atoms with Crippen molar-refractivity contribution in [2.75, 3.05) is 13.2 Å². The molecule has 0 heterocycles. The molecule has 3 N–H and O–H groups in total. The van der Waals surface area contributed by atoms with Crippen molar-refractivity contribution in [2.24, 2.45) is 0 Å². The molecule has 0 aromatic heterocycles. The average molecular weight is 371 g/mol. The molecule has 0 aliphatic rings. The maximum atomic E-state index is 12.6. The van der Waals surface area contributed by atoms with Crippen LogP contribution in [-0.4, -0.2) is 35.7 Å². The van der Waals surface area contributed by atoms with Crippen LogP contribution in [0.1, 0.15) is 49.5 Å². The first-order valence-electron chi connectivity index (χ1n) is 9.72. The number of ether oxygens (including phenoxy) is 1. The van der Waals surface area contributed by atoms with Crippen molar-refractivity contribution in [1.29, 1.82) is 0 Å². The summed E-state index contributed by atoms with van der Waals surface area (Å²) in [7, 11) is 0. The van der Waals surface area contributed by atoms with Crippen LogP contribution in [0.3, 0.4) is 0 Å². The first kappa shape index (κ1) is 21.1. The predicted molar refractivity (Wildman–Crippen MR) is 108 cm³/mol. The summed E-state index contributed by atoms with van der Waals surface area (Å²) < 4.78 is 5.78. The molecule has 2 rings (SSSR count). The van der Waals surface area contributed by atoms with Gasteiger partial charge in [0.1, 0.15) is 25.0 Å². The number of para-hydroxylation sites is 1. The zero-order valence-corrected chi connectivity index (χ0v) is 16.7. The Balaban J connectivity index is 1.89. The Hall–Kier alpha value is -2.17. The lowest BCUT2D eigenvalue weighted by Gasteiger charge is -2.22. The summed E-state index contributed by atoms with van der Waals surface area (Å²) in [6.45, 7) is 7.20. The van der Waals surface area contributed by atoms with Crippen molar-refractivity contribution in [2.45, 2.75) is 51.7 Å². The van der Waals surface area contributed by atoms with Gasteiger partial charge in [-0.2, -0.15) is 0 Å². The van der Waals surface area contributed by atoms with E-state index < -0.39 is 6.10 Å². The molecule has 0 bridgehead atoms. The Morgan fingerprint density at radius 2 is 1.78 bits per heavy atom. The monoisotopic (exact) mass is 370 g/mol. The standard InChI is InChI=1S/C23H31NO3/c1-4-23(2,3)24-16-19(25)17-27-22-13-9-8-12-20(22)21(26)15-14-18-10-6-5-7-11-18/h5-13,19,24-25H,4,14-17H2,1-3H3/p+1/t19-/m1/s1. The van der Waals surface area contributed by atoms with E-state index >= 15 is 0 Å². The second-order valence-corrected chi connectivity index (χ2v) is 7.65. The number of hydrogen-bond acceptors (Lipinski definition) is 3. The van der Waals surface area contributed by atoms with Crippen LogP contribution in [0.15, 0.2) is 54.6 Å². The Morgan fingerprint density at radius 3 is 2.48 bits per heavy atom. The number of quaternary nitrogens is 1. The molecule has 0 unspecified atom stereocenters. The smallest absolute Gasteiger partial charge is 0.166 e. The summed E-state index contributed by atoms with van der Waals surface area (Å²) in [5.41, 5.74) is 1.83. The molecular formula is C23H32NO3+. The first-order valence-corrected chi connectivity index (χ1v) is 9.72. The SMILES string of the molecule is CCC(C)(C)[NH2+]C[C@@H](O)COc1ccccc1C(=O)CCc1ccccc1. The van der Waals surface area contributed by atoms with Gasteiger partial charge in [0.15, 0.2) is 5.78 Å². The van der Waals surface area contributed by atoms with Gasteiger partial charge < -0.3 is 15.2 Å². The fourth-order valence-electron chi connectivity index (χ4n) is 2.71. The number of aryl methyl sites for hydroxylation is 1. The largest absolute Gasteiger partial charge is 0.490 e. The Labute approximate surface area is 162 Å². The lowest BCUT2D eigenvalue weighted by molar-refractivity contribution is -0.725. The molecule has 146 valence electrons. The quantitative estimate of drug-likeness (QED) is 0.598. The average Bonchev–Trinajstić information content (AvgIpc) is 2.70. The molecule has 27 heavy (non-hydrogen) atoms. The lowest BCUT2D eigenvalue weighted by Crippen LogP contribution is -2.96. The molecule has 0 saturated carbocycles. The number of carbonyl (C=O) groups is 1. The van der Waals surface area contributed by atoms with E-state index in [1.165, 1.54) is 0 Å². The summed E-state index contributed by atoms with van der Waals surface area (Å²) in [4.78, 5) is 12.6. The van der Waals surface area contributed by atoms with E-state index in [2.05, 4.69) is 26.1 Å². The minimum absolute atomic E-state index is 0.0580. The molecule has 4 heteroatoms. The molecule has 2 aromatic carbocycles. The van der Waals surface area contributed by atoms with Crippen LogP contribution in [-0.2, 0) is 6.42 Å². The number of carbonyl (C=O) groups excluding carboxylic acids is 1. The third-order valence-electron chi connectivity index (χ3n) is 4.96. The van der Waals surface area contributed by atoms with Gasteiger partial charge in [-0.05, 0) is 44.4 Å². The highest BCUT2D eigenvalue weighted by Gasteiger charge is 2.21. The Bertz CT molecular complexity index is 713. The summed E-state index contributed by atoms with van der Waals surface area (Å²) in [5.74, 6) is 0.604. The van der Waals surface area contributed by atoms with Gasteiger partial charge in [-0.25, -0.2) is 0 Å². The lowest BCUT2D eigenvalue weighted by atomic mass is 10.0. The molecule has 0 amide bonds. The zero-order chi connectivity index (χ0) is 19.7. The van der Waals surface area contributed by atoms with E-state index in [4.69, 9.17) is 4.74 Å². The highest BCUT2D eigenvalue weighted by molar-refractivity contribution is 5.98. The minimum atomic E-state index is -0.580. The fraction of sp³-hybridized carbons (Fsp3) is 0.435. The van der Waals surface area contributed by atoms with E-state index in [1.54, 1.807) is 12.1 Å². The van der Waals surface area contributed by atoms with Crippen molar-refractivity contribution in [3.63, 3.8) is 0 Å². The van der Waals surface area contributed by atoms with Crippen LogP contribution in [0.25, 0.3) is 0 Å². The van der Waals surface area contributed by atoms with Crippen molar-refractivity contribution in [3.05, 3.63) is 65.7 Å². The third kappa shape index (κ3) is 7.16. The maximum absolute atomic E-state index is 12.6. The number of ketones is 1. The van der Waals surface area contributed by atoms with E-state index in [1.807, 2.05) is 42.5 Å². The molecule has 0 saturated heterocycles. The minimum Gasteiger partial charge on any atom is -0.490 e. The van der Waals surface area contributed by atoms with Crippen molar-refractivity contribution < 1.29 is 20.0 Å². The number of aliphatic hydroxyl groups is 1. The fourth-order valence-corrected chi connectivity index (χ4v) is 2.71. The Morgan fingerprint density at radius 1 is 1.11 bits per heavy atom. The van der Waals surface area contributed by atoms with Crippen molar-refractivity contribution >= 4 is 5.78 Å². The summed E-state index contributed by atoms with van der Waals surface area (Å²) >= 11 is 0.